The van der Waals surface area contributed by atoms with Gasteiger partial charge in [-0.15, -0.1) is 0 Å². The van der Waals surface area contributed by atoms with E-state index in [1.165, 1.54) is 6.07 Å². The Bertz CT molecular complexity index is 241. The smallest absolute Gasteiger partial charge is 0.249 e. The average Bonchev–Trinajstić information content (AvgIpc) is 1.64. The minimum atomic E-state index is 0.400. The Morgan fingerprint density at radius 3 is 2.50 bits per heavy atom. The summed E-state index contributed by atoms with van der Waals surface area (Å²) in [6.45, 7) is 0. The molecule has 0 atom stereocenters. The second-order valence-electron chi connectivity index (χ2n) is 1.58. The first kappa shape index (κ1) is 4.97. The Balaban J connectivity index is 3.50. The van der Waals surface area contributed by atoms with Gasteiger partial charge in [0.15, 0.2) is 24.3 Å². The minimum absolute atomic E-state index is 0.400. The normalized spacial score (nSPS) is 9.00. The lowest BCUT2D eigenvalue weighted by Gasteiger charge is -1.56. The van der Waals surface area contributed by atoms with Crippen LogP contribution in [0.1, 0.15) is 0 Å². The summed E-state index contributed by atoms with van der Waals surface area (Å²) < 4.78 is 0. The molecule has 1 aromatic carbocycles. The molecule has 0 bridgehead atoms. The zero-order valence-electron chi connectivity index (χ0n) is 4.31. The van der Waals surface area contributed by atoms with Crippen molar-refractivity contribution in [2.24, 2.45) is 0 Å². The molecule has 0 heterocycles. The van der Waals surface area contributed by atoms with E-state index in [1.54, 1.807) is 18.2 Å². The van der Waals surface area contributed by atoms with Gasteiger partial charge in [-0.05, 0) is 0 Å². The predicted octanol–water partition coefficient (Wildman–Crippen LogP) is 0.0833. The summed E-state index contributed by atoms with van der Waals surface area (Å²) >= 11 is 0. The first-order valence-electron chi connectivity index (χ1n) is 2.32. The third kappa shape index (κ3) is 0.904. The Labute approximate surface area is 46.8 Å². The van der Waals surface area contributed by atoms with Crippen molar-refractivity contribution in [3.63, 3.8) is 0 Å². The fourth-order valence-corrected chi connectivity index (χ4v) is 0.519. The molecule has 0 radical (unpaired) electrons. The Morgan fingerprint density at radius 1 is 1.38 bits per heavy atom. The summed E-state index contributed by atoms with van der Waals surface area (Å²) in [5, 5.41) is 14.8. The lowest BCUT2D eigenvalue weighted by Crippen LogP contribution is -2.06. The van der Waals surface area contributed by atoms with E-state index in [9.17, 15) is 0 Å². The fraction of sp³-hybridized carbons (Fsp3) is 0. The van der Waals surface area contributed by atoms with Crippen molar-refractivity contribution in [3.05, 3.63) is 35.0 Å². The zero-order valence-corrected chi connectivity index (χ0v) is 4.31. The van der Waals surface area contributed by atoms with E-state index in [0.717, 1.165) is 0 Å². The van der Waals surface area contributed by atoms with E-state index >= 15 is 0 Å². The van der Waals surface area contributed by atoms with Gasteiger partial charge >= 0.3 is 0 Å². The van der Waals surface area contributed by atoms with Crippen LogP contribution in [0.15, 0.2) is 24.3 Å². The second-order valence-corrected chi connectivity index (χ2v) is 1.58. The summed E-state index contributed by atoms with van der Waals surface area (Å²) in [6.07, 6.45) is 0. The van der Waals surface area contributed by atoms with Gasteiger partial charge in [-0.2, -0.15) is 0 Å². The summed E-state index contributed by atoms with van der Waals surface area (Å²) in [6, 6.07) is 6.50. The molecule has 1 rings (SSSR count). The highest BCUT2D eigenvalue weighted by Crippen LogP contribution is 1.63. The number of benzene rings is 1. The lowest BCUT2D eigenvalue weighted by molar-refractivity contribution is 1.20. The van der Waals surface area contributed by atoms with Crippen molar-refractivity contribution in [2.75, 3.05) is 0 Å². The van der Waals surface area contributed by atoms with Crippen molar-refractivity contribution < 1.29 is 0 Å². The van der Waals surface area contributed by atoms with Crippen molar-refractivity contribution in [2.45, 2.75) is 0 Å². The van der Waals surface area contributed by atoms with Crippen LogP contribution in [0, 0.1) is 10.8 Å². The topological polar surface area (TPSA) is 47.7 Å². The maximum Gasteiger partial charge on any atom is 0.279 e. The molecule has 0 spiro atoms. The molecule has 0 saturated carbocycles. The molecule has 0 aliphatic carbocycles. The standard InChI is InChI=1S/C6H6N2/c7-5-2-1-3-6(8)4-5/h1-4,7-8H/q+2. The minimum Gasteiger partial charge on any atom is -0.249 e. The molecule has 2 N–H and O–H groups in total. The molecule has 0 aromatic heterocycles. The number of hydrogen-bond donors (Lipinski definition) is 2. The van der Waals surface area contributed by atoms with Gasteiger partial charge in [0.25, 0.3) is 10.7 Å². The summed E-state index contributed by atoms with van der Waals surface area (Å²) in [7, 11) is 0. The Kier molecular flexibility index (Phi) is 1.08. The molecule has 0 aliphatic heterocycles. The predicted molar refractivity (Wildman–Crippen MR) is 29.3 cm³/mol. The Hall–Kier alpha value is -1.18. The van der Waals surface area contributed by atoms with Crippen molar-refractivity contribution in [3.8, 4) is 0 Å². The summed E-state index contributed by atoms with van der Waals surface area (Å²) in [5.41, 5.74) is 0. The molecule has 38 valence electrons. The molecule has 2 nitrogen and oxygen atoms in total. The summed E-state index contributed by atoms with van der Waals surface area (Å²) in [4.78, 5) is 0. The van der Waals surface area contributed by atoms with E-state index < -0.39 is 0 Å². The molecule has 1 aromatic rings. The SMILES string of the molecule is N=c1cc[cH+]c(=N)[cH+]1. The molecule has 2 heteroatoms. The summed E-state index contributed by atoms with van der Waals surface area (Å²) in [5.74, 6) is 0. The van der Waals surface area contributed by atoms with E-state index in [0.29, 0.717) is 10.7 Å². The van der Waals surface area contributed by atoms with E-state index in [2.05, 4.69) is 0 Å². The third-order valence-corrected chi connectivity index (χ3v) is 0.863. The highest BCUT2D eigenvalue weighted by atomic mass is 14.4. The van der Waals surface area contributed by atoms with Crippen LogP contribution in [0.25, 0.3) is 0 Å². The van der Waals surface area contributed by atoms with Gasteiger partial charge in [-0.25, -0.2) is 10.8 Å². The molecular formula is C6H6N2+2. The molecule has 0 unspecified atom stereocenters. The van der Waals surface area contributed by atoms with Gasteiger partial charge in [0.1, 0.15) is 0 Å². The van der Waals surface area contributed by atoms with Crippen LogP contribution in [-0.4, -0.2) is 0 Å². The number of rotatable bonds is 0. The number of hydrogen-bond acceptors (Lipinski definition) is 2. The zero-order chi connectivity index (χ0) is 5.98. The van der Waals surface area contributed by atoms with Gasteiger partial charge in [-0.1, -0.05) is 0 Å². The number of nitrogens with one attached hydrogen (secondary N) is 2. The van der Waals surface area contributed by atoms with Crippen molar-refractivity contribution >= 4 is 0 Å². The third-order valence-electron chi connectivity index (χ3n) is 0.863. The lowest BCUT2D eigenvalue weighted by atomic mass is 10.3. The van der Waals surface area contributed by atoms with Crippen LogP contribution in [0.5, 0.6) is 0 Å². The van der Waals surface area contributed by atoms with Crippen LogP contribution < -0.4 is 10.7 Å². The van der Waals surface area contributed by atoms with Crippen LogP contribution in [0.3, 0.4) is 0 Å². The van der Waals surface area contributed by atoms with Gasteiger partial charge in [0.2, 0.25) is 0 Å². The van der Waals surface area contributed by atoms with Gasteiger partial charge < -0.3 is 0 Å². The van der Waals surface area contributed by atoms with Gasteiger partial charge in [0.05, 0.1) is 0 Å². The van der Waals surface area contributed by atoms with Crippen LogP contribution >= 0.6 is 0 Å². The van der Waals surface area contributed by atoms with Crippen molar-refractivity contribution in [1.82, 2.24) is 0 Å². The van der Waals surface area contributed by atoms with Gasteiger partial charge in [0, 0.05) is 0 Å². The second kappa shape index (κ2) is 1.74. The van der Waals surface area contributed by atoms with E-state index in [-0.39, 0.29) is 0 Å². The maximum absolute atomic E-state index is 7.02. The maximum atomic E-state index is 7.02. The molecule has 0 fully saturated rings. The highest BCUT2D eigenvalue weighted by Gasteiger charge is 1.93. The molecule has 0 aliphatic rings. The molecule has 8 heavy (non-hydrogen) atoms. The first-order valence-corrected chi connectivity index (χ1v) is 2.32. The molecular weight excluding hydrogens is 100 g/mol. The van der Waals surface area contributed by atoms with Crippen LogP contribution in [-0.2, 0) is 0 Å². The van der Waals surface area contributed by atoms with Gasteiger partial charge in [-0.3, -0.25) is 0 Å². The molecule has 0 saturated heterocycles. The Morgan fingerprint density at radius 2 is 2.12 bits per heavy atom. The van der Waals surface area contributed by atoms with Crippen LogP contribution in [0.2, 0.25) is 0 Å². The fourth-order valence-electron chi connectivity index (χ4n) is 0.519. The molecule has 0 amide bonds. The van der Waals surface area contributed by atoms with Crippen LogP contribution in [0.4, 0.5) is 0 Å². The monoisotopic (exact) mass is 106 g/mol. The average molecular weight is 106 g/mol. The van der Waals surface area contributed by atoms with E-state index in [1.807, 2.05) is 0 Å². The largest absolute Gasteiger partial charge is 0.279 e. The first-order chi connectivity index (χ1) is 3.79. The van der Waals surface area contributed by atoms with E-state index in [4.69, 9.17) is 10.8 Å². The van der Waals surface area contributed by atoms with Crippen molar-refractivity contribution in [1.29, 1.82) is 10.8 Å². The highest BCUT2D eigenvalue weighted by molar-refractivity contribution is 4.97. The quantitative estimate of drug-likeness (QED) is 0.440.